The quantitative estimate of drug-likeness (QED) is 0.371. The van der Waals surface area contributed by atoms with Gasteiger partial charge in [0.15, 0.2) is 5.78 Å². The number of carbonyl (C=O) groups is 1. The van der Waals surface area contributed by atoms with Crippen molar-refractivity contribution in [3.8, 4) is 5.69 Å². The van der Waals surface area contributed by atoms with Gasteiger partial charge in [0, 0.05) is 4.90 Å². The third kappa shape index (κ3) is 3.88. The Morgan fingerprint density at radius 3 is 2.44 bits per heavy atom. The van der Waals surface area contributed by atoms with E-state index in [-0.39, 0.29) is 11.6 Å². The van der Waals surface area contributed by atoms with E-state index in [9.17, 15) is 9.18 Å². The van der Waals surface area contributed by atoms with Crippen LogP contribution in [0, 0.1) is 12.7 Å². The number of hydrogen-bond donors (Lipinski definition) is 0. The molecule has 0 unspecified atom stereocenters. The molecule has 25 heavy (non-hydrogen) atoms. The molecule has 5 heteroatoms. The minimum Gasteiger partial charge on any atom is -0.289 e. The highest BCUT2D eigenvalue weighted by molar-refractivity contribution is 7.98. The third-order valence-electron chi connectivity index (χ3n) is 3.89. The van der Waals surface area contributed by atoms with E-state index in [1.807, 2.05) is 37.4 Å². The van der Waals surface area contributed by atoms with E-state index < -0.39 is 0 Å². The van der Waals surface area contributed by atoms with Gasteiger partial charge < -0.3 is 0 Å². The second kappa shape index (κ2) is 7.49. The average molecular weight is 352 g/mol. The zero-order valence-electron chi connectivity index (χ0n) is 13.9. The number of carbonyl (C=O) groups excluding carboxylic acids is 1. The molecule has 0 fully saturated rings. The fourth-order valence-electron chi connectivity index (χ4n) is 2.47. The van der Waals surface area contributed by atoms with Gasteiger partial charge in [-0.3, -0.25) is 4.79 Å². The molecule has 3 rings (SSSR count). The Balaban J connectivity index is 1.80. The molecule has 0 N–H and O–H groups in total. The normalized spacial score (nSPS) is 11.2. The van der Waals surface area contributed by atoms with Crippen LogP contribution in [0.15, 0.2) is 65.7 Å². The molecule has 0 atom stereocenters. The van der Waals surface area contributed by atoms with Crippen LogP contribution in [0.3, 0.4) is 0 Å². The zero-order chi connectivity index (χ0) is 17.8. The Bertz CT molecular complexity index is 912. The van der Waals surface area contributed by atoms with Gasteiger partial charge in [-0.15, -0.1) is 11.8 Å². The summed E-state index contributed by atoms with van der Waals surface area (Å²) in [5.74, 6) is -0.417. The zero-order valence-corrected chi connectivity index (χ0v) is 14.8. The van der Waals surface area contributed by atoms with E-state index in [2.05, 4.69) is 5.10 Å². The number of thioether (sulfide) groups is 1. The summed E-state index contributed by atoms with van der Waals surface area (Å²) in [5, 5.41) is 4.25. The Morgan fingerprint density at radius 1 is 1.12 bits per heavy atom. The Labute approximate surface area is 150 Å². The summed E-state index contributed by atoms with van der Waals surface area (Å²) in [4.78, 5) is 13.6. The van der Waals surface area contributed by atoms with Crippen molar-refractivity contribution in [2.24, 2.45) is 0 Å². The van der Waals surface area contributed by atoms with Gasteiger partial charge in [-0.05, 0) is 61.2 Å². The van der Waals surface area contributed by atoms with Gasteiger partial charge in [-0.25, -0.2) is 9.07 Å². The summed E-state index contributed by atoms with van der Waals surface area (Å²) in [6.45, 7) is 1.82. The second-order valence-electron chi connectivity index (χ2n) is 5.50. The van der Waals surface area contributed by atoms with Crippen molar-refractivity contribution in [1.82, 2.24) is 9.78 Å². The smallest absolute Gasteiger partial charge is 0.189 e. The summed E-state index contributed by atoms with van der Waals surface area (Å²) in [7, 11) is 0. The summed E-state index contributed by atoms with van der Waals surface area (Å²) in [6.07, 6.45) is 6.91. The molecule has 0 bridgehead atoms. The number of ketones is 1. The molecule has 0 aliphatic rings. The topological polar surface area (TPSA) is 34.9 Å². The van der Waals surface area contributed by atoms with E-state index in [0.29, 0.717) is 5.56 Å². The van der Waals surface area contributed by atoms with Gasteiger partial charge in [-0.2, -0.15) is 5.10 Å². The maximum atomic E-state index is 13.1. The average Bonchev–Trinajstić information content (AvgIpc) is 3.02. The number of benzene rings is 2. The lowest BCUT2D eigenvalue weighted by molar-refractivity contribution is 0.104. The third-order valence-corrected chi connectivity index (χ3v) is 4.63. The van der Waals surface area contributed by atoms with Gasteiger partial charge in [-0.1, -0.05) is 18.2 Å². The van der Waals surface area contributed by atoms with Crippen LogP contribution in [-0.2, 0) is 0 Å². The predicted octanol–water partition coefficient (Wildman–Crippen LogP) is 4.94. The van der Waals surface area contributed by atoms with Crippen molar-refractivity contribution in [1.29, 1.82) is 0 Å². The maximum absolute atomic E-state index is 13.1. The van der Waals surface area contributed by atoms with Crippen molar-refractivity contribution in [2.45, 2.75) is 11.8 Å². The lowest BCUT2D eigenvalue weighted by Crippen LogP contribution is -2.01. The van der Waals surface area contributed by atoms with Crippen molar-refractivity contribution >= 4 is 23.6 Å². The number of hydrogen-bond acceptors (Lipinski definition) is 3. The molecular formula is C20H17FN2OS. The number of nitrogens with zero attached hydrogens (tertiary/aromatic N) is 2. The first kappa shape index (κ1) is 17.2. The van der Waals surface area contributed by atoms with Crippen molar-refractivity contribution in [3.05, 3.63) is 83.4 Å². The minimum atomic E-state index is -0.305. The Kier molecular flexibility index (Phi) is 5.14. The van der Waals surface area contributed by atoms with E-state index >= 15 is 0 Å². The van der Waals surface area contributed by atoms with E-state index in [4.69, 9.17) is 0 Å². The molecule has 0 radical (unpaired) electrons. The number of allylic oxidation sites excluding steroid dienone is 1. The van der Waals surface area contributed by atoms with Crippen LogP contribution in [0.25, 0.3) is 11.8 Å². The molecule has 1 heterocycles. The fourth-order valence-corrected chi connectivity index (χ4v) is 2.88. The van der Waals surface area contributed by atoms with Gasteiger partial charge in [0.25, 0.3) is 0 Å². The predicted molar refractivity (Wildman–Crippen MR) is 99.8 cm³/mol. The van der Waals surface area contributed by atoms with E-state index in [0.717, 1.165) is 16.9 Å². The number of rotatable bonds is 5. The van der Waals surface area contributed by atoms with Crippen LogP contribution in [0.4, 0.5) is 4.39 Å². The highest BCUT2D eigenvalue weighted by Gasteiger charge is 2.13. The van der Waals surface area contributed by atoms with E-state index in [1.54, 1.807) is 46.9 Å². The Hall–Kier alpha value is -2.66. The molecule has 0 saturated carbocycles. The van der Waals surface area contributed by atoms with Crippen LogP contribution < -0.4 is 0 Å². The lowest BCUT2D eigenvalue weighted by Gasteiger charge is -2.04. The number of halogens is 1. The molecule has 0 saturated heterocycles. The molecule has 126 valence electrons. The van der Waals surface area contributed by atoms with Gasteiger partial charge in [0.2, 0.25) is 0 Å². The molecule has 0 spiro atoms. The molecule has 1 aromatic heterocycles. The van der Waals surface area contributed by atoms with Crippen molar-refractivity contribution < 1.29 is 9.18 Å². The van der Waals surface area contributed by atoms with Crippen LogP contribution in [0.5, 0.6) is 0 Å². The highest BCUT2D eigenvalue weighted by Crippen LogP contribution is 2.18. The van der Waals surface area contributed by atoms with Crippen LogP contribution in [-0.4, -0.2) is 21.8 Å². The highest BCUT2D eigenvalue weighted by atomic mass is 32.2. The van der Waals surface area contributed by atoms with Gasteiger partial charge in [0.1, 0.15) is 5.82 Å². The Morgan fingerprint density at radius 2 is 1.80 bits per heavy atom. The largest absolute Gasteiger partial charge is 0.289 e. The van der Waals surface area contributed by atoms with E-state index in [1.165, 1.54) is 17.0 Å². The van der Waals surface area contributed by atoms with Crippen molar-refractivity contribution in [2.75, 3.05) is 6.26 Å². The van der Waals surface area contributed by atoms with Gasteiger partial charge in [0.05, 0.1) is 23.1 Å². The second-order valence-corrected chi connectivity index (χ2v) is 6.38. The summed E-state index contributed by atoms with van der Waals surface area (Å²) >= 11 is 1.68. The summed E-state index contributed by atoms with van der Waals surface area (Å²) in [6, 6.07) is 14.0. The lowest BCUT2D eigenvalue weighted by atomic mass is 10.1. The molecule has 0 amide bonds. The summed E-state index contributed by atoms with van der Waals surface area (Å²) < 4.78 is 14.7. The molecule has 0 aliphatic heterocycles. The maximum Gasteiger partial charge on any atom is 0.189 e. The fraction of sp³-hybridized carbons (Fsp3) is 0.100. The first-order chi connectivity index (χ1) is 12.1. The molecule has 3 aromatic rings. The molecule has 2 aromatic carbocycles. The minimum absolute atomic E-state index is 0.111. The van der Waals surface area contributed by atoms with Crippen molar-refractivity contribution in [3.63, 3.8) is 0 Å². The van der Waals surface area contributed by atoms with Crippen LogP contribution >= 0.6 is 11.8 Å². The van der Waals surface area contributed by atoms with Crippen LogP contribution in [0.2, 0.25) is 0 Å². The SMILES string of the molecule is CSc1ccc(C=CC(=O)c2cnn(-c3ccc(F)cc3)c2C)cc1. The summed E-state index contributed by atoms with van der Waals surface area (Å²) in [5.41, 5.74) is 2.93. The monoisotopic (exact) mass is 352 g/mol. The first-order valence-corrected chi connectivity index (χ1v) is 8.98. The molecule has 0 aliphatic carbocycles. The molecular weight excluding hydrogens is 335 g/mol. The van der Waals surface area contributed by atoms with Crippen LogP contribution in [0.1, 0.15) is 21.6 Å². The standard InChI is InChI=1S/C20H17FN2OS/c1-14-19(13-22-23(14)17-8-6-16(21)7-9-17)20(24)12-5-15-3-10-18(25-2)11-4-15/h3-13H,1-2H3. The first-order valence-electron chi connectivity index (χ1n) is 7.75. The number of aromatic nitrogens is 2. The molecule has 3 nitrogen and oxygen atoms in total. The van der Waals surface area contributed by atoms with Gasteiger partial charge >= 0.3 is 0 Å².